The quantitative estimate of drug-likeness (QED) is 0.398. The molecule has 1 aliphatic rings. The van der Waals surface area contributed by atoms with E-state index in [-0.39, 0.29) is 40.9 Å². The van der Waals surface area contributed by atoms with Gasteiger partial charge in [0.15, 0.2) is 0 Å². The predicted molar refractivity (Wildman–Crippen MR) is 145 cm³/mol. The topological polar surface area (TPSA) is 99.1 Å². The van der Waals surface area contributed by atoms with E-state index in [2.05, 4.69) is 31.3 Å². The molecule has 7 heteroatoms. The van der Waals surface area contributed by atoms with E-state index in [0.29, 0.717) is 37.5 Å². The Morgan fingerprint density at radius 1 is 1.00 bits per heavy atom. The second-order valence-corrected chi connectivity index (χ2v) is 11.8. The van der Waals surface area contributed by atoms with Crippen LogP contribution in [0.3, 0.4) is 0 Å². The van der Waals surface area contributed by atoms with Gasteiger partial charge in [-0.2, -0.15) is 0 Å². The number of hydrogen-bond donors (Lipinski definition) is 3. The summed E-state index contributed by atoms with van der Waals surface area (Å²) in [6.45, 7) is 15.2. The highest BCUT2D eigenvalue weighted by Gasteiger charge is 2.28. The Bertz CT molecular complexity index is 1130. The molecule has 0 bridgehead atoms. The second-order valence-electron chi connectivity index (χ2n) is 11.8. The number of phenolic OH excluding ortho intramolecular Hbond substituents is 2. The van der Waals surface area contributed by atoms with Gasteiger partial charge in [-0.25, -0.2) is 0 Å². The van der Waals surface area contributed by atoms with Crippen LogP contribution in [0.2, 0.25) is 0 Å². The third-order valence-corrected chi connectivity index (χ3v) is 6.48. The summed E-state index contributed by atoms with van der Waals surface area (Å²) in [5, 5.41) is 23.8. The average molecular weight is 511 g/mol. The number of hydrogen-bond acceptors (Lipinski definition) is 6. The Morgan fingerprint density at radius 3 is 2.30 bits per heavy atom. The van der Waals surface area contributed by atoms with Crippen LogP contribution >= 0.6 is 0 Å². The first kappa shape index (κ1) is 28.5. The number of nitrogens with one attached hydrogen (secondary N) is 1. The highest BCUT2D eigenvalue weighted by Crippen LogP contribution is 2.34. The first-order valence-corrected chi connectivity index (χ1v) is 13.2. The second kappa shape index (κ2) is 11.5. The Hall–Kier alpha value is -3.06. The number of benzene rings is 2. The van der Waals surface area contributed by atoms with Gasteiger partial charge in [0.25, 0.3) is 5.91 Å². The molecule has 2 aromatic rings. The summed E-state index contributed by atoms with van der Waals surface area (Å²) >= 11 is 0. The van der Waals surface area contributed by atoms with Crippen LogP contribution in [0.25, 0.3) is 0 Å². The average Bonchev–Trinajstić information content (AvgIpc) is 3.20. The molecular formula is C30H42N2O5. The standard InChI is InChI=1S/C30H42N2O5/c1-18(2)12-25(29(36)37-30(5,6)7)31-11-10-20-8-9-21-16-32(17-22(21)13-20)28(35)24-14-23(19(3)4)26(33)15-27(24)34/h8-9,13-15,18-19,25,31,33-34H,10-12,16-17H2,1-7H3/t25-/m0/s1. The molecule has 0 radical (unpaired) electrons. The van der Waals surface area contributed by atoms with E-state index in [1.807, 2.05) is 40.7 Å². The first-order chi connectivity index (χ1) is 17.2. The monoisotopic (exact) mass is 510 g/mol. The van der Waals surface area contributed by atoms with Crippen LogP contribution in [0, 0.1) is 5.92 Å². The molecule has 3 N–H and O–H groups in total. The van der Waals surface area contributed by atoms with Crippen molar-refractivity contribution in [2.45, 2.75) is 92.0 Å². The van der Waals surface area contributed by atoms with Gasteiger partial charge in [0, 0.05) is 19.2 Å². The molecule has 2 aromatic carbocycles. The van der Waals surface area contributed by atoms with Crippen molar-refractivity contribution in [3.63, 3.8) is 0 Å². The Labute approximate surface area is 220 Å². The smallest absolute Gasteiger partial charge is 0.323 e. The van der Waals surface area contributed by atoms with Gasteiger partial charge in [0.2, 0.25) is 0 Å². The molecule has 37 heavy (non-hydrogen) atoms. The highest BCUT2D eigenvalue weighted by atomic mass is 16.6. The maximum Gasteiger partial charge on any atom is 0.323 e. The molecule has 1 heterocycles. The van der Waals surface area contributed by atoms with Crippen molar-refractivity contribution >= 4 is 11.9 Å². The maximum absolute atomic E-state index is 13.2. The van der Waals surface area contributed by atoms with Crippen molar-refractivity contribution in [1.29, 1.82) is 0 Å². The van der Waals surface area contributed by atoms with Crippen LogP contribution in [0.15, 0.2) is 30.3 Å². The van der Waals surface area contributed by atoms with Crippen LogP contribution in [0.1, 0.15) is 93.4 Å². The largest absolute Gasteiger partial charge is 0.508 e. The van der Waals surface area contributed by atoms with E-state index in [9.17, 15) is 19.8 Å². The third kappa shape index (κ3) is 7.48. The molecule has 0 saturated carbocycles. The lowest BCUT2D eigenvalue weighted by Crippen LogP contribution is -2.42. The molecule has 0 aromatic heterocycles. The van der Waals surface area contributed by atoms with Gasteiger partial charge in [-0.05, 0) is 80.3 Å². The van der Waals surface area contributed by atoms with E-state index in [1.54, 1.807) is 11.0 Å². The molecule has 7 nitrogen and oxygen atoms in total. The minimum absolute atomic E-state index is 0.00527. The zero-order chi connectivity index (χ0) is 27.5. The molecule has 1 amide bonds. The lowest BCUT2D eigenvalue weighted by atomic mass is 9.98. The van der Waals surface area contributed by atoms with Crippen LogP contribution in [-0.2, 0) is 29.0 Å². The van der Waals surface area contributed by atoms with Gasteiger partial charge in [-0.1, -0.05) is 45.9 Å². The molecule has 0 unspecified atom stereocenters. The number of fused-ring (bicyclic) bond motifs is 1. The SMILES string of the molecule is CC(C)C[C@H](NCCc1ccc2c(c1)CN(C(=O)c1cc(C(C)C)c(O)cc1O)C2)C(=O)OC(C)(C)C. The lowest BCUT2D eigenvalue weighted by molar-refractivity contribution is -0.158. The molecule has 202 valence electrons. The van der Waals surface area contributed by atoms with E-state index in [0.717, 1.165) is 23.1 Å². The van der Waals surface area contributed by atoms with Gasteiger partial charge in [0.05, 0.1) is 5.56 Å². The van der Waals surface area contributed by atoms with E-state index >= 15 is 0 Å². The number of ether oxygens (including phenoxy) is 1. The van der Waals surface area contributed by atoms with Crippen molar-refractivity contribution < 1.29 is 24.5 Å². The number of carbonyl (C=O) groups excluding carboxylic acids is 2. The van der Waals surface area contributed by atoms with Crippen molar-refractivity contribution in [2.75, 3.05) is 6.54 Å². The van der Waals surface area contributed by atoms with Crippen molar-refractivity contribution in [1.82, 2.24) is 10.2 Å². The lowest BCUT2D eigenvalue weighted by Gasteiger charge is -2.25. The normalized spacial score (nSPS) is 14.2. The fraction of sp³-hybridized carbons (Fsp3) is 0.533. The van der Waals surface area contributed by atoms with E-state index in [4.69, 9.17) is 4.74 Å². The zero-order valence-electron chi connectivity index (χ0n) is 23.2. The number of phenols is 2. The van der Waals surface area contributed by atoms with Crippen molar-refractivity contribution in [3.05, 3.63) is 58.1 Å². The summed E-state index contributed by atoms with van der Waals surface area (Å²) in [4.78, 5) is 27.6. The van der Waals surface area contributed by atoms with Gasteiger partial charge >= 0.3 is 5.97 Å². The molecule has 3 rings (SSSR count). The zero-order valence-corrected chi connectivity index (χ0v) is 23.2. The number of amides is 1. The summed E-state index contributed by atoms with van der Waals surface area (Å²) in [5.41, 5.74) is 3.61. The molecule has 0 aliphatic carbocycles. The Kier molecular flexibility index (Phi) is 8.90. The molecule has 0 saturated heterocycles. The fourth-order valence-corrected chi connectivity index (χ4v) is 4.64. The van der Waals surface area contributed by atoms with Gasteiger partial charge in [-0.15, -0.1) is 0 Å². The molecule has 0 fully saturated rings. The minimum atomic E-state index is -0.523. The van der Waals surface area contributed by atoms with Crippen LogP contribution in [0.5, 0.6) is 11.5 Å². The molecule has 1 aliphatic heterocycles. The van der Waals surface area contributed by atoms with Crippen LogP contribution < -0.4 is 5.32 Å². The Balaban J connectivity index is 1.64. The number of esters is 1. The number of aromatic hydroxyl groups is 2. The number of carbonyl (C=O) groups is 2. The van der Waals surface area contributed by atoms with Gasteiger partial charge < -0.3 is 25.2 Å². The van der Waals surface area contributed by atoms with Gasteiger partial charge in [-0.3, -0.25) is 9.59 Å². The fourth-order valence-electron chi connectivity index (χ4n) is 4.64. The maximum atomic E-state index is 13.2. The summed E-state index contributed by atoms with van der Waals surface area (Å²) < 4.78 is 5.60. The summed E-state index contributed by atoms with van der Waals surface area (Å²) in [5.74, 6) is -0.312. The minimum Gasteiger partial charge on any atom is -0.508 e. The van der Waals surface area contributed by atoms with Crippen LogP contribution in [0.4, 0.5) is 0 Å². The van der Waals surface area contributed by atoms with Crippen LogP contribution in [-0.4, -0.2) is 45.2 Å². The highest BCUT2D eigenvalue weighted by molar-refractivity contribution is 5.97. The van der Waals surface area contributed by atoms with Gasteiger partial charge in [0.1, 0.15) is 23.1 Å². The molecule has 0 spiro atoms. The van der Waals surface area contributed by atoms with E-state index in [1.165, 1.54) is 6.07 Å². The summed E-state index contributed by atoms with van der Waals surface area (Å²) in [6, 6.07) is 8.72. The van der Waals surface area contributed by atoms with E-state index < -0.39 is 5.60 Å². The Morgan fingerprint density at radius 2 is 1.68 bits per heavy atom. The first-order valence-electron chi connectivity index (χ1n) is 13.2. The predicted octanol–water partition coefficient (Wildman–Crippen LogP) is 5.27. The summed E-state index contributed by atoms with van der Waals surface area (Å²) in [6.07, 6.45) is 1.45. The third-order valence-electron chi connectivity index (χ3n) is 6.48. The summed E-state index contributed by atoms with van der Waals surface area (Å²) in [7, 11) is 0. The molecular weight excluding hydrogens is 468 g/mol. The number of rotatable bonds is 9. The number of nitrogens with zero attached hydrogens (tertiary/aromatic N) is 1. The molecule has 1 atom stereocenters. The van der Waals surface area contributed by atoms with Crippen molar-refractivity contribution in [2.24, 2.45) is 5.92 Å². The van der Waals surface area contributed by atoms with Crippen molar-refractivity contribution in [3.8, 4) is 11.5 Å².